The van der Waals surface area contributed by atoms with Gasteiger partial charge in [0.05, 0.1) is 6.61 Å². The number of allylic oxidation sites excluding steroid dienone is 1. The number of nitrogens with zero attached hydrogens (tertiary/aromatic N) is 1. The zero-order chi connectivity index (χ0) is 15.1. The molecule has 2 unspecified atom stereocenters. The van der Waals surface area contributed by atoms with Crippen molar-refractivity contribution in [3.05, 3.63) is 40.7 Å². The van der Waals surface area contributed by atoms with Gasteiger partial charge < -0.3 is 19.8 Å². The first kappa shape index (κ1) is 13.0. The molecule has 0 aromatic heterocycles. The second-order valence-corrected chi connectivity index (χ2v) is 7.26. The number of benzene rings is 1. The van der Waals surface area contributed by atoms with Crippen LogP contribution in [0.15, 0.2) is 24.0 Å². The molecule has 0 saturated carbocycles. The fourth-order valence-corrected chi connectivity index (χ4v) is 5.53. The van der Waals surface area contributed by atoms with Crippen LogP contribution in [0.5, 0.6) is 5.75 Å². The smallest absolute Gasteiger partial charge is 0.165 e. The highest BCUT2D eigenvalue weighted by Gasteiger charge is 2.63. The summed E-state index contributed by atoms with van der Waals surface area (Å²) in [6.45, 7) is 1.03. The molecule has 2 heterocycles. The van der Waals surface area contributed by atoms with Gasteiger partial charge in [0.15, 0.2) is 6.10 Å². The number of likely N-dealkylation sites (N-methyl/N-ethyl adjacent to an activating group) is 1. The predicted octanol–water partition coefficient (Wildman–Crippen LogP) is 1.90. The molecule has 1 fully saturated rings. The van der Waals surface area contributed by atoms with Crippen LogP contribution >= 0.6 is 0 Å². The average Bonchev–Trinajstić information content (AvgIpc) is 2.88. The summed E-state index contributed by atoms with van der Waals surface area (Å²) in [5, 5.41) is 20.2. The fraction of sp³-hybridized carbons (Fsp3) is 0.556. The predicted molar refractivity (Wildman–Crippen MR) is 82.0 cm³/mol. The van der Waals surface area contributed by atoms with E-state index in [0.29, 0.717) is 17.7 Å². The second-order valence-electron chi connectivity index (χ2n) is 7.26. The first-order valence-electron chi connectivity index (χ1n) is 8.19. The first-order chi connectivity index (χ1) is 10.7. The van der Waals surface area contributed by atoms with E-state index in [1.54, 1.807) is 0 Å². The molecule has 4 nitrogen and oxygen atoms in total. The highest BCUT2D eigenvalue weighted by molar-refractivity contribution is 5.59. The number of hydrogen-bond donors (Lipinski definition) is 2. The van der Waals surface area contributed by atoms with E-state index in [-0.39, 0.29) is 18.1 Å². The Hall–Kier alpha value is -1.52. The lowest BCUT2D eigenvalue weighted by Crippen LogP contribution is -2.63. The minimum absolute atomic E-state index is 0.0100. The van der Waals surface area contributed by atoms with Crippen molar-refractivity contribution in [2.75, 3.05) is 13.6 Å². The van der Waals surface area contributed by atoms with Crippen LogP contribution < -0.4 is 4.74 Å². The Morgan fingerprint density at radius 3 is 3.09 bits per heavy atom. The van der Waals surface area contributed by atoms with Crippen molar-refractivity contribution < 1.29 is 14.9 Å². The second kappa shape index (κ2) is 4.06. The number of aliphatic hydroxyl groups is 2. The number of aliphatic hydroxyl groups excluding tert-OH is 2. The average molecular weight is 299 g/mol. The standard InChI is InChI=1S/C18H21NO3/c1-19-7-6-18-12-4-5-14(21)17(18)22-16-11(9-20)3-2-10(15(16)18)8-13(12)19/h2-3,5,12-13,17,20-21H,4,6-9H2,1H3/t12?,13-,17?,18+/m1/s1. The molecule has 1 saturated heterocycles. The molecule has 1 spiro atoms. The number of rotatable bonds is 1. The lowest BCUT2D eigenvalue weighted by Gasteiger charge is -2.56. The molecular formula is C18H21NO3. The van der Waals surface area contributed by atoms with E-state index in [1.165, 1.54) is 11.1 Å². The summed E-state index contributed by atoms with van der Waals surface area (Å²) in [4.78, 5) is 2.48. The van der Waals surface area contributed by atoms with Gasteiger partial charge in [0.1, 0.15) is 11.5 Å². The minimum atomic E-state index is -0.260. The molecule has 0 radical (unpaired) electrons. The van der Waals surface area contributed by atoms with Gasteiger partial charge in [0.25, 0.3) is 0 Å². The third-order valence-electron chi connectivity index (χ3n) is 6.51. The molecular weight excluding hydrogens is 278 g/mol. The van der Waals surface area contributed by atoms with Crippen LogP contribution in [0, 0.1) is 5.92 Å². The van der Waals surface area contributed by atoms with Crippen molar-refractivity contribution in [1.29, 1.82) is 0 Å². The summed E-state index contributed by atoms with van der Waals surface area (Å²) >= 11 is 0. The van der Waals surface area contributed by atoms with Gasteiger partial charge in [-0.25, -0.2) is 0 Å². The van der Waals surface area contributed by atoms with Gasteiger partial charge in [-0.2, -0.15) is 0 Å². The Bertz CT molecular complexity index is 698. The first-order valence-corrected chi connectivity index (χ1v) is 8.19. The summed E-state index contributed by atoms with van der Waals surface area (Å²) in [6, 6.07) is 4.66. The molecule has 1 aromatic carbocycles. The molecule has 4 atom stereocenters. The van der Waals surface area contributed by atoms with Crippen LogP contribution in [0.2, 0.25) is 0 Å². The van der Waals surface area contributed by atoms with Gasteiger partial charge in [0.2, 0.25) is 0 Å². The number of ether oxygens (including phenoxy) is 1. The van der Waals surface area contributed by atoms with Crippen molar-refractivity contribution in [3.63, 3.8) is 0 Å². The van der Waals surface area contributed by atoms with E-state index in [9.17, 15) is 10.2 Å². The molecule has 4 heteroatoms. The third-order valence-corrected chi connectivity index (χ3v) is 6.51. The molecule has 0 amide bonds. The largest absolute Gasteiger partial charge is 0.509 e. The lowest BCUT2D eigenvalue weighted by molar-refractivity contribution is -0.0224. The quantitative estimate of drug-likeness (QED) is 0.831. The van der Waals surface area contributed by atoms with Gasteiger partial charge in [0, 0.05) is 22.6 Å². The molecule has 5 rings (SSSR count). The van der Waals surface area contributed by atoms with Gasteiger partial charge in [-0.15, -0.1) is 0 Å². The van der Waals surface area contributed by atoms with Crippen LogP contribution in [0.25, 0.3) is 0 Å². The van der Waals surface area contributed by atoms with E-state index in [1.807, 2.05) is 12.1 Å². The van der Waals surface area contributed by atoms with E-state index < -0.39 is 0 Å². The highest BCUT2D eigenvalue weighted by Crippen LogP contribution is 2.62. The SMILES string of the molecule is CN1CC[C@]23c4c5ccc(CO)c4OC2C(O)=CCC3[C@H]1C5. The molecule has 4 aliphatic rings. The number of hydrogen-bond acceptors (Lipinski definition) is 4. The highest BCUT2D eigenvalue weighted by atomic mass is 16.5. The van der Waals surface area contributed by atoms with Crippen molar-refractivity contribution >= 4 is 0 Å². The van der Waals surface area contributed by atoms with E-state index in [2.05, 4.69) is 18.0 Å². The van der Waals surface area contributed by atoms with Crippen molar-refractivity contribution in [1.82, 2.24) is 4.90 Å². The zero-order valence-electron chi connectivity index (χ0n) is 12.7. The molecule has 1 aromatic rings. The van der Waals surface area contributed by atoms with Crippen molar-refractivity contribution in [2.24, 2.45) is 5.92 Å². The maximum absolute atomic E-state index is 10.5. The Morgan fingerprint density at radius 2 is 2.27 bits per heavy atom. The monoisotopic (exact) mass is 299 g/mol. The Balaban J connectivity index is 1.83. The van der Waals surface area contributed by atoms with Crippen molar-refractivity contribution in [3.8, 4) is 5.75 Å². The fourth-order valence-electron chi connectivity index (χ4n) is 5.53. The van der Waals surface area contributed by atoms with Crippen LogP contribution in [-0.4, -0.2) is 40.9 Å². The summed E-state index contributed by atoms with van der Waals surface area (Å²) in [5.41, 5.74) is 3.39. The van der Waals surface area contributed by atoms with E-state index in [0.717, 1.165) is 37.1 Å². The van der Waals surface area contributed by atoms with Crippen LogP contribution in [0.4, 0.5) is 0 Å². The summed E-state index contributed by atoms with van der Waals surface area (Å²) < 4.78 is 6.25. The normalized spacial score (nSPS) is 38.3. The lowest BCUT2D eigenvalue weighted by atomic mass is 9.53. The van der Waals surface area contributed by atoms with E-state index >= 15 is 0 Å². The van der Waals surface area contributed by atoms with Crippen LogP contribution in [0.3, 0.4) is 0 Å². The summed E-state index contributed by atoms with van der Waals surface area (Å²) in [5.74, 6) is 1.72. The minimum Gasteiger partial charge on any atom is -0.509 e. The Kier molecular flexibility index (Phi) is 2.39. The van der Waals surface area contributed by atoms with Gasteiger partial charge in [-0.1, -0.05) is 12.1 Å². The topological polar surface area (TPSA) is 52.9 Å². The Morgan fingerprint density at radius 1 is 1.41 bits per heavy atom. The zero-order valence-corrected chi connectivity index (χ0v) is 12.7. The summed E-state index contributed by atoms with van der Waals surface area (Å²) in [7, 11) is 2.22. The molecule has 2 bridgehead atoms. The van der Waals surface area contributed by atoms with Crippen LogP contribution in [-0.2, 0) is 18.4 Å². The maximum Gasteiger partial charge on any atom is 0.165 e. The molecule has 2 aliphatic heterocycles. The van der Waals surface area contributed by atoms with E-state index in [4.69, 9.17) is 4.74 Å². The Labute approximate surface area is 130 Å². The molecule has 2 aliphatic carbocycles. The molecule has 22 heavy (non-hydrogen) atoms. The number of piperidine rings is 1. The van der Waals surface area contributed by atoms with Crippen molar-refractivity contribution in [2.45, 2.75) is 43.4 Å². The molecule has 116 valence electrons. The number of likely N-dealkylation sites (tertiary alicyclic amines) is 1. The van der Waals surface area contributed by atoms with Gasteiger partial charge in [-0.05, 0) is 50.4 Å². The third kappa shape index (κ3) is 1.28. The van der Waals surface area contributed by atoms with Gasteiger partial charge in [-0.3, -0.25) is 0 Å². The van der Waals surface area contributed by atoms with Crippen LogP contribution in [0.1, 0.15) is 29.5 Å². The van der Waals surface area contributed by atoms with Gasteiger partial charge >= 0.3 is 0 Å². The summed E-state index contributed by atoms with van der Waals surface area (Å²) in [6.07, 6.45) is 4.67. The molecule has 2 N–H and O–H groups in total. The maximum atomic E-state index is 10.5.